The summed E-state index contributed by atoms with van der Waals surface area (Å²) in [6.45, 7) is 11.1. The number of aromatic nitrogens is 2. The Morgan fingerprint density at radius 3 is 2.50 bits per heavy atom. The monoisotopic (exact) mass is 539 g/mol. The maximum absolute atomic E-state index is 13.5. The molecule has 1 amide bonds. The molecule has 3 heterocycles. The lowest BCUT2D eigenvalue weighted by molar-refractivity contribution is -0.141. The molecule has 2 aliphatic heterocycles. The summed E-state index contributed by atoms with van der Waals surface area (Å²) in [5.74, 6) is -1.61. The van der Waals surface area contributed by atoms with Gasteiger partial charge in [-0.3, -0.25) is 14.2 Å². The number of carbonyl (C=O) groups excluding carboxylic acids is 1. The number of amides is 1. The Morgan fingerprint density at radius 1 is 1.18 bits per heavy atom. The molecule has 1 aromatic heterocycles. The molecule has 2 aromatic rings. The number of hydrogen-bond donors (Lipinski definition) is 0. The second-order valence-electron chi connectivity index (χ2n) is 11.3. The first kappa shape index (κ1) is 28.4. The zero-order valence-corrected chi connectivity index (χ0v) is 22.7. The molecule has 2 atom stereocenters. The smallest absolute Gasteiger partial charge is 0.416 e. The second-order valence-corrected chi connectivity index (χ2v) is 11.3. The standard InChI is InChI=1S/C27H36F3N3O5/c1-25(2,3)22-13-23(33(32(22)6)14-18-8-7-11-35-18)31-24(34)20-12-17(27(28,29)30)9-10-21(20)36-15-19-16-37-26(4,5)38-19/h9-10,12-13,18-19H,7-8,11,14-16H2,1-6H3/b31-23+/t18-,19-/m1/s1. The predicted molar refractivity (Wildman–Crippen MR) is 133 cm³/mol. The Hall–Kier alpha value is -2.63. The van der Waals surface area contributed by atoms with Crippen molar-refractivity contribution < 1.29 is 36.9 Å². The summed E-state index contributed by atoms with van der Waals surface area (Å²) in [6.07, 6.45) is -3.26. The van der Waals surface area contributed by atoms with Crippen molar-refractivity contribution in [1.82, 2.24) is 9.36 Å². The van der Waals surface area contributed by atoms with Gasteiger partial charge in [-0.15, -0.1) is 0 Å². The van der Waals surface area contributed by atoms with Gasteiger partial charge in [0.15, 0.2) is 11.3 Å². The van der Waals surface area contributed by atoms with Crippen molar-refractivity contribution in [3.05, 3.63) is 46.6 Å². The highest BCUT2D eigenvalue weighted by Crippen LogP contribution is 2.33. The van der Waals surface area contributed by atoms with Crippen molar-refractivity contribution in [3.63, 3.8) is 0 Å². The molecule has 2 saturated heterocycles. The molecule has 4 rings (SSSR count). The fourth-order valence-electron chi connectivity index (χ4n) is 4.75. The highest BCUT2D eigenvalue weighted by molar-refractivity contribution is 5.97. The highest BCUT2D eigenvalue weighted by Gasteiger charge is 2.35. The lowest BCUT2D eigenvalue weighted by atomic mass is 9.92. The van der Waals surface area contributed by atoms with Gasteiger partial charge in [-0.1, -0.05) is 20.8 Å². The molecule has 0 spiro atoms. The molecule has 0 aliphatic carbocycles. The molecule has 1 aromatic carbocycles. The van der Waals surface area contributed by atoms with Crippen LogP contribution in [0.2, 0.25) is 0 Å². The number of carbonyl (C=O) groups is 1. The average Bonchev–Trinajstić information content (AvgIpc) is 3.52. The number of benzene rings is 1. The average molecular weight is 540 g/mol. The SMILES string of the molecule is Cn1c(C(C)(C)C)c/c(=N\C(=O)c2cc(C(F)(F)F)ccc2OC[C@@H]2COC(C)(C)O2)n1C[C@H]1CCCO1. The number of alkyl halides is 3. The minimum Gasteiger partial charge on any atom is -0.490 e. The van der Waals surface area contributed by atoms with Gasteiger partial charge >= 0.3 is 6.18 Å². The van der Waals surface area contributed by atoms with Gasteiger partial charge in [0.05, 0.1) is 30.4 Å². The molecule has 0 N–H and O–H groups in total. The number of rotatable bonds is 6. The molecule has 0 radical (unpaired) electrons. The Kier molecular flexibility index (Phi) is 7.84. The van der Waals surface area contributed by atoms with Gasteiger partial charge in [0.2, 0.25) is 0 Å². The van der Waals surface area contributed by atoms with Crippen molar-refractivity contribution in [1.29, 1.82) is 0 Å². The molecule has 0 saturated carbocycles. The molecule has 210 valence electrons. The molecule has 0 bridgehead atoms. The van der Waals surface area contributed by atoms with Crippen molar-refractivity contribution in [3.8, 4) is 5.75 Å². The van der Waals surface area contributed by atoms with Gasteiger partial charge in [0.1, 0.15) is 18.5 Å². The summed E-state index contributed by atoms with van der Waals surface area (Å²) < 4.78 is 67.2. The van der Waals surface area contributed by atoms with Crippen molar-refractivity contribution in [2.24, 2.45) is 12.0 Å². The number of hydrogen-bond acceptors (Lipinski definition) is 5. The molecule has 0 unspecified atom stereocenters. The highest BCUT2D eigenvalue weighted by atomic mass is 19.4. The van der Waals surface area contributed by atoms with E-state index in [-0.39, 0.29) is 36.0 Å². The van der Waals surface area contributed by atoms with Gasteiger partial charge in [-0.05, 0) is 44.9 Å². The van der Waals surface area contributed by atoms with Gasteiger partial charge < -0.3 is 18.9 Å². The minimum atomic E-state index is -4.63. The molecule has 38 heavy (non-hydrogen) atoms. The fraction of sp³-hybridized carbons (Fsp3) is 0.630. The van der Waals surface area contributed by atoms with E-state index in [9.17, 15) is 18.0 Å². The maximum atomic E-state index is 13.5. The third kappa shape index (κ3) is 6.50. The van der Waals surface area contributed by atoms with Crippen molar-refractivity contribution >= 4 is 5.91 Å². The van der Waals surface area contributed by atoms with Crippen LogP contribution in [0, 0.1) is 0 Å². The molecule has 2 fully saturated rings. The summed E-state index contributed by atoms with van der Waals surface area (Å²) in [6, 6.07) is 4.63. The van der Waals surface area contributed by atoms with Crippen LogP contribution in [0.5, 0.6) is 5.75 Å². The van der Waals surface area contributed by atoms with Crippen LogP contribution >= 0.6 is 0 Å². The summed E-state index contributed by atoms with van der Waals surface area (Å²) in [5.41, 5.74) is -0.228. The van der Waals surface area contributed by atoms with Gasteiger partial charge in [0, 0.05) is 30.8 Å². The zero-order chi connectivity index (χ0) is 27.9. The van der Waals surface area contributed by atoms with Gasteiger partial charge in [-0.2, -0.15) is 18.2 Å². The Bertz CT molecular complexity index is 1230. The van der Waals surface area contributed by atoms with Gasteiger partial charge in [0.25, 0.3) is 5.91 Å². The summed E-state index contributed by atoms with van der Waals surface area (Å²) in [7, 11) is 1.88. The van der Waals surface area contributed by atoms with Crippen LogP contribution in [0.25, 0.3) is 0 Å². The van der Waals surface area contributed by atoms with Crippen LogP contribution in [0.4, 0.5) is 13.2 Å². The van der Waals surface area contributed by atoms with E-state index in [4.69, 9.17) is 18.9 Å². The topological polar surface area (TPSA) is 76.2 Å². The van der Waals surface area contributed by atoms with Crippen LogP contribution in [0.15, 0.2) is 29.3 Å². The predicted octanol–water partition coefficient (Wildman–Crippen LogP) is 4.59. The van der Waals surface area contributed by atoms with Crippen LogP contribution in [-0.4, -0.2) is 53.1 Å². The number of ether oxygens (including phenoxy) is 4. The van der Waals surface area contributed by atoms with E-state index in [0.717, 1.165) is 36.7 Å². The van der Waals surface area contributed by atoms with E-state index in [1.54, 1.807) is 19.9 Å². The first-order valence-electron chi connectivity index (χ1n) is 12.8. The summed E-state index contributed by atoms with van der Waals surface area (Å²) in [4.78, 5) is 17.7. The first-order valence-corrected chi connectivity index (χ1v) is 12.8. The van der Waals surface area contributed by atoms with Crippen molar-refractivity contribution in [2.75, 3.05) is 19.8 Å². The van der Waals surface area contributed by atoms with E-state index in [0.29, 0.717) is 18.6 Å². The maximum Gasteiger partial charge on any atom is 0.416 e. The third-order valence-electron chi connectivity index (χ3n) is 6.66. The quantitative estimate of drug-likeness (QED) is 0.537. The molecule has 11 heteroatoms. The molecular weight excluding hydrogens is 503 g/mol. The lowest BCUT2D eigenvalue weighted by Crippen LogP contribution is -2.30. The summed E-state index contributed by atoms with van der Waals surface area (Å²) >= 11 is 0. The van der Waals surface area contributed by atoms with E-state index in [1.165, 1.54) is 0 Å². The second kappa shape index (κ2) is 10.5. The Labute approximate surface area is 220 Å². The van der Waals surface area contributed by atoms with Crippen molar-refractivity contribution in [2.45, 2.75) is 83.6 Å². The van der Waals surface area contributed by atoms with E-state index < -0.39 is 29.5 Å². The van der Waals surface area contributed by atoms with Crippen LogP contribution in [0.3, 0.4) is 0 Å². The lowest BCUT2D eigenvalue weighted by Gasteiger charge is -2.21. The largest absolute Gasteiger partial charge is 0.490 e. The number of halogens is 3. The number of nitrogens with zero attached hydrogens (tertiary/aromatic N) is 3. The van der Waals surface area contributed by atoms with Crippen LogP contribution < -0.4 is 10.2 Å². The first-order chi connectivity index (χ1) is 17.6. The van der Waals surface area contributed by atoms with E-state index >= 15 is 0 Å². The van der Waals surface area contributed by atoms with E-state index in [2.05, 4.69) is 4.99 Å². The van der Waals surface area contributed by atoms with Crippen LogP contribution in [-0.2, 0) is 39.4 Å². The Balaban J connectivity index is 1.71. The normalized spacial score (nSPS) is 22.3. The van der Waals surface area contributed by atoms with Crippen LogP contribution in [0.1, 0.15) is 69.1 Å². The Morgan fingerprint density at radius 2 is 1.92 bits per heavy atom. The third-order valence-corrected chi connectivity index (χ3v) is 6.66. The fourth-order valence-corrected chi connectivity index (χ4v) is 4.75. The molecular formula is C27H36F3N3O5. The molecule has 2 aliphatic rings. The molecule has 8 nitrogen and oxygen atoms in total. The zero-order valence-electron chi connectivity index (χ0n) is 22.7. The minimum absolute atomic E-state index is 0.00212. The van der Waals surface area contributed by atoms with E-state index in [1.807, 2.05) is 37.2 Å². The summed E-state index contributed by atoms with van der Waals surface area (Å²) in [5, 5.41) is 0. The van der Waals surface area contributed by atoms with Gasteiger partial charge in [-0.25, -0.2) is 0 Å².